The highest BCUT2D eigenvalue weighted by Gasteiger charge is 2.04. The Hall–Kier alpha value is -1.66. The number of rotatable bonds is 4. The molecule has 3 rings (SSSR count). The van der Waals surface area contributed by atoms with E-state index >= 15 is 0 Å². The quantitative estimate of drug-likeness (QED) is 0.745. The van der Waals surface area contributed by atoms with E-state index in [0.717, 1.165) is 22.2 Å². The van der Waals surface area contributed by atoms with Crippen LogP contribution >= 0.6 is 23.1 Å². The maximum Gasteiger partial charge on any atom is 0.150 e. The van der Waals surface area contributed by atoms with Crippen LogP contribution in [-0.2, 0) is 6.54 Å². The molecular weight excluding hydrogens is 276 g/mol. The third-order valence-electron chi connectivity index (χ3n) is 2.64. The van der Waals surface area contributed by atoms with Crippen LogP contribution < -0.4 is 5.32 Å². The maximum atomic E-state index is 4.53. The molecule has 0 radical (unpaired) electrons. The second-order valence-electron chi connectivity index (χ2n) is 3.93. The van der Waals surface area contributed by atoms with E-state index in [2.05, 4.69) is 38.5 Å². The smallest absolute Gasteiger partial charge is 0.150 e. The van der Waals surface area contributed by atoms with Crippen LogP contribution in [0, 0.1) is 0 Å². The molecule has 0 unspecified atom stereocenters. The van der Waals surface area contributed by atoms with Crippen LogP contribution in [0.3, 0.4) is 0 Å². The van der Waals surface area contributed by atoms with Crippen molar-refractivity contribution in [2.75, 3.05) is 11.6 Å². The van der Waals surface area contributed by atoms with Gasteiger partial charge in [-0.15, -0.1) is 11.3 Å². The first-order chi connectivity index (χ1) is 9.35. The summed E-state index contributed by atoms with van der Waals surface area (Å²) in [6, 6.07) is 6.34. The van der Waals surface area contributed by atoms with E-state index in [0.29, 0.717) is 0 Å². The largest absolute Gasteiger partial charge is 0.365 e. The highest BCUT2D eigenvalue weighted by molar-refractivity contribution is 8.00. The lowest BCUT2D eigenvalue weighted by Gasteiger charge is -2.04. The number of nitrogens with zero attached hydrogens (tertiary/aromatic N) is 3. The van der Waals surface area contributed by atoms with Gasteiger partial charge in [0, 0.05) is 18.9 Å². The zero-order chi connectivity index (χ0) is 13.1. The van der Waals surface area contributed by atoms with Gasteiger partial charge in [0.25, 0.3) is 0 Å². The van der Waals surface area contributed by atoms with E-state index in [-0.39, 0.29) is 0 Å². The van der Waals surface area contributed by atoms with Crippen molar-refractivity contribution in [3.63, 3.8) is 0 Å². The summed E-state index contributed by atoms with van der Waals surface area (Å²) in [5, 5.41) is 3.25. The number of fused-ring (bicyclic) bond motifs is 1. The standard InChI is InChI=1S/C13H12N4S2/c1-18-13-17-10-3-2-9(6-11(10)19-13)7-16-12-8-14-4-5-15-12/h2-6,8H,7H2,1H3,(H,15,16). The molecule has 0 saturated carbocycles. The monoisotopic (exact) mass is 288 g/mol. The minimum absolute atomic E-state index is 0.737. The van der Waals surface area contributed by atoms with E-state index in [4.69, 9.17) is 0 Å². The lowest BCUT2D eigenvalue weighted by atomic mass is 10.2. The number of nitrogens with one attached hydrogen (secondary N) is 1. The van der Waals surface area contributed by atoms with Gasteiger partial charge in [0.05, 0.1) is 16.4 Å². The first kappa shape index (κ1) is 12.4. The van der Waals surface area contributed by atoms with Crippen molar-refractivity contribution in [3.05, 3.63) is 42.4 Å². The molecule has 1 aromatic carbocycles. The Kier molecular flexibility index (Phi) is 3.61. The average Bonchev–Trinajstić information content (AvgIpc) is 2.88. The second-order valence-corrected chi connectivity index (χ2v) is 6.01. The minimum Gasteiger partial charge on any atom is -0.365 e. The first-order valence-electron chi connectivity index (χ1n) is 5.78. The van der Waals surface area contributed by atoms with Crippen LogP contribution in [0.5, 0.6) is 0 Å². The SMILES string of the molecule is CSc1nc2ccc(CNc3cnccn3)cc2s1. The number of thiazole rings is 1. The van der Waals surface area contributed by atoms with Crippen molar-refractivity contribution < 1.29 is 0 Å². The fraction of sp³-hybridized carbons (Fsp3) is 0.154. The summed E-state index contributed by atoms with van der Waals surface area (Å²) in [7, 11) is 0. The molecule has 0 amide bonds. The van der Waals surface area contributed by atoms with E-state index in [9.17, 15) is 0 Å². The summed E-state index contributed by atoms with van der Waals surface area (Å²) in [6.07, 6.45) is 7.11. The van der Waals surface area contributed by atoms with Crippen molar-refractivity contribution in [1.29, 1.82) is 0 Å². The van der Waals surface area contributed by atoms with E-state index in [1.165, 1.54) is 10.3 Å². The third-order valence-corrected chi connectivity index (χ3v) is 4.65. The highest BCUT2D eigenvalue weighted by Crippen LogP contribution is 2.28. The zero-order valence-electron chi connectivity index (χ0n) is 10.3. The summed E-state index contributed by atoms with van der Waals surface area (Å²) >= 11 is 3.41. The average molecular weight is 288 g/mol. The van der Waals surface area contributed by atoms with Gasteiger partial charge in [-0.2, -0.15) is 0 Å². The van der Waals surface area contributed by atoms with Gasteiger partial charge in [-0.25, -0.2) is 9.97 Å². The molecule has 0 spiro atoms. The number of aromatic nitrogens is 3. The molecule has 0 aliphatic rings. The van der Waals surface area contributed by atoms with Crippen LogP contribution in [-0.4, -0.2) is 21.2 Å². The molecule has 96 valence electrons. The molecule has 2 heterocycles. The molecule has 0 aliphatic carbocycles. The molecule has 1 N–H and O–H groups in total. The number of hydrogen-bond donors (Lipinski definition) is 1. The zero-order valence-corrected chi connectivity index (χ0v) is 12.0. The van der Waals surface area contributed by atoms with Gasteiger partial charge in [0.15, 0.2) is 4.34 Å². The lowest BCUT2D eigenvalue weighted by Crippen LogP contribution is -2.01. The molecule has 3 aromatic rings. The number of anilines is 1. The van der Waals surface area contributed by atoms with Crippen LogP contribution in [0.15, 0.2) is 41.1 Å². The fourth-order valence-corrected chi connectivity index (χ4v) is 3.28. The number of benzene rings is 1. The molecule has 19 heavy (non-hydrogen) atoms. The predicted molar refractivity (Wildman–Crippen MR) is 80.8 cm³/mol. The van der Waals surface area contributed by atoms with Crippen molar-refractivity contribution in [1.82, 2.24) is 15.0 Å². The highest BCUT2D eigenvalue weighted by atomic mass is 32.2. The molecule has 2 aromatic heterocycles. The van der Waals surface area contributed by atoms with Crippen molar-refractivity contribution >= 4 is 39.1 Å². The second kappa shape index (κ2) is 5.54. The van der Waals surface area contributed by atoms with E-state index < -0.39 is 0 Å². The molecule has 0 bridgehead atoms. The molecule has 0 aliphatic heterocycles. The van der Waals surface area contributed by atoms with Crippen molar-refractivity contribution in [3.8, 4) is 0 Å². The fourth-order valence-electron chi connectivity index (χ4n) is 1.73. The summed E-state index contributed by atoms with van der Waals surface area (Å²) in [5.74, 6) is 0.789. The van der Waals surface area contributed by atoms with Gasteiger partial charge in [0.2, 0.25) is 0 Å². The van der Waals surface area contributed by atoms with Gasteiger partial charge in [-0.3, -0.25) is 4.98 Å². The van der Waals surface area contributed by atoms with E-state index in [1.807, 2.05) is 6.26 Å². The van der Waals surface area contributed by atoms with Gasteiger partial charge in [-0.1, -0.05) is 17.8 Å². The molecule has 6 heteroatoms. The molecular formula is C13H12N4S2. The summed E-state index contributed by atoms with van der Waals surface area (Å²) < 4.78 is 2.33. The summed E-state index contributed by atoms with van der Waals surface area (Å²) in [5.41, 5.74) is 2.28. The Morgan fingerprint density at radius 3 is 3.05 bits per heavy atom. The Morgan fingerprint density at radius 2 is 2.26 bits per heavy atom. The summed E-state index contributed by atoms with van der Waals surface area (Å²) in [4.78, 5) is 12.7. The molecule has 0 saturated heterocycles. The third kappa shape index (κ3) is 2.85. The molecule has 4 nitrogen and oxygen atoms in total. The van der Waals surface area contributed by atoms with Gasteiger partial charge in [0.1, 0.15) is 5.82 Å². The van der Waals surface area contributed by atoms with Gasteiger partial charge in [-0.05, 0) is 24.0 Å². The van der Waals surface area contributed by atoms with Crippen LogP contribution in [0.25, 0.3) is 10.2 Å². The topological polar surface area (TPSA) is 50.7 Å². The molecule has 0 fully saturated rings. The minimum atomic E-state index is 0.737. The first-order valence-corrected chi connectivity index (χ1v) is 7.82. The van der Waals surface area contributed by atoms with Crippen molar-refractivity contribution in [2.24, 2.45) is 0 Å². The van der Waals surface area contributed by atoms with Crippen LogP contribution in [0.2, 0.25) is 0 Å². The Balaban J connectivity index is 1.78. The van der Waals surface area contributed by atoms with Crippen molar-refractivity contribution in [2.45, 2.75) is 10.9 Å². The number of thioether (sulfide) groups is 1. The van der Waals surface area contributed by atoms with Crippen LogP contribution in [0.1, 0.15) is 5.56 Å². The molecule has 0 atom stereocenters. The van der Waals surface area contributed by atoms with Crippen LogP contribution in [0.4, 0.5) is 5.82 Å². The number of hydrogen-bond acceptors (Lipinski definition) is 6. The maximum absolute atomic E-state index is 4.53. The van der Waals surface area contributed by atoms with E-state index in [1.54, 1.807) is 41.7 Å². The summed E-state index contributed by atoms with van der Waals surface area (Å²) in [6.45, 7) is 0.737. The Labute approximate surface area is 119 Å². The van der Waals surface area contributed by atoms with Gasteiger partial charge >= 0.3 is 0 Å². The van der Waals surface area contributed by atoms with Gasteiger partial charge < -0.3 is 5.32 Å². The normalized spacial score (nSPS) is 10.8. The predicted octanol–water partition coefficient (Wildman–Crippen LogP) is 3.42. The Bertz CT molecular complexity index is 681. The lowest BCUT2D eigenvalue weighted by molar-refractivity contribution is 1.09. The Morgan fingerprint density at radius 1 is 1.32 bits per heavy atom.